The van der Waals surface area contributed by atoms with Crippen LogP contribution in [-0.2, 0) is 6.42 Å². The molecule has 0 spiro atoms. The van der Waals surface area contributed by atoms with Gasteiger partial charge in [-0.2, -0.15) is 0 Å². The number of H-pyrrole nitrogens is 1. The molecule has 27 heavy (non-hydrogen) atoms. The zero-order valence-corrected chi connectivity index (χ0v) is 14.9. The van der Waals surface area contributed by atoms with Crippen LogP contribution < -0.4 is 5.32 Å². The molecule has 0 atom stereocenters. The number of carbonyl (C=O) groups is 1. The lowest BCUT2D eigenvalue weighted by Crippen LogP contribution is -2.24. The third-order valence-corrected chi connectivity index (χ3v) is 4.54. The van der Waals surface area contributed by atoms with Gasteiger partial charge in [-0.3, -0.25) is 9.78 Å². The maximum atomic E-state index is 12.0. The second kappa shape index (κ2) is 7.83. The van der Waals surface area contributed by atoms with Gasteiger partial charge < -0.3 is 10.3 Å². The Labute approximate surface area is 157 Å². The number of hydrogen-bond acceptors (Lipinski definition) is 3. The molecule has 2 N–H and O–H groups in total. The van der Waals surface area contributed by atoms with Crippen LogP contribution in [0, 0.1) is 0 Å². The summed E-state index contributed by atoms with van der Waals surface area (Å²) in [7, 11) is 0. The predicted molar refractivity (Wildman–Crippen MR) is 106 cm³/mol. The quantitative estimate of drug-likeness (QED) is 0.513. The molecule has 5 nitrogen and oxygen atoms in total. The van der Waals surface area contributed by atoms with E-state index in [0.717, 1.165) is 35.0 Å². The monoisotopic (exact) mass is 356 g/mol. The summed E-state index contributed by atoms with van der Waals surface area (Å²) in [6.45, 7) is 0.642. The van der Waals surface area contributed by atoms with E-state index in [4.69, 9.17) is 0 Å². The van der Waals surface area contributed by atoms with Gasteiger partial charge >= 0.3 is 0 Å². The van der Waals surface area contributed by atoms with Gasteiger partial charge in [-0.1, -0.05) is 24.3 Å². The molecule has 4 aromatic rings. The lowest BCUT2D eigenvalue weighted by atomic mass is 10.0. The topological polar surface area (TPSA) is 70.7 Å². The van der Waals surface area contributed by atoms with Crippen LogP contribution in [0.1, 0.15) is 22.3 Å². The lowest BCUT2D eigenvalue weighted by Gasteiger charge is -2.06. The fourth-order valence-electron chi connectivity index (χ4n) is 3.06. The van der Waals surface area contributed by atoms with E-state index >= 15 is 0 Å². The van der Waals surface area contributed by atoms with Crippen molar-refractivity contribution in [2.24, 2.45) is 0 Å². The summed E-state index contributed by atoms with van der Waals surface area (Å²) in [4.78, 5) is 23.5. The van der Waals surface area contributed by atoms with E-state index in [2.05, 4.69) is 50.6 Å². The van der Waals surface area contributed by atoms with Crippen molar-refractivity contribution in [3.8, 4) is 11.1 Å². The van der Waals surface area contributed by atoms with Crippen molar-refractivity contribution in [3.05, 3.63) is 84.4 Å². The van der Waals surface area contributed by atoms with E-state index in [1.807, 2.05) is 18.5 Å². The minimum atomic E-state index is -0.0777. The maximum Gasteiger partial charge on any atom is 0.252 e. The molecule has 3 heterocycles. The molecule has 0 bridgehead atoms. The number of hydrogen-bond donors (Lipinski definition) is 2. The Hall–Kier alpha value is -3.47. The number of aromatic amines is 1. The summed E-state index contributed by atoms with van der Waals surface area (Å²) in [5.74, 6) is -0.0777. The van der Waals surface area contributed by atoms with Gasteiger partial charge in [0.2, 0.25) is 0 Å². The molecular formula is C22H20N4O. The third kappa shape index (κ3) is 4.03. The van der Waals surface area contributed by atoms with Crippen LogP contribution in [0.3, 0.4) is 0 Å². The molecule has 0 radical (unpaired) electrons. The van der Waals surface area contributed by atoms with Gasteiger partial charge in [-0.15, -0.1) is 0 Å². The number of fused-ring (bicyclic) bond motifs is 1. The number of rotatable bonds is 6. The molecule has 1 aromatic carbocycles. The molecule has 0 saturated carbocycles. The Kier molecular flexibility index (Phi) is 4.92. The van der Waals surface area contributed by atoms with Gasteiger partial charge in [-0.05, 0) is 48.2 Å². The Morgan fingerprint density at radius 1 is 1.04 bits per heavy atom. The average Bonchev–Trinajstić information content (AvgIpc) is 3.20. The van der Waals surface area contributed by atoms with Crippen LogP contribution in [0.25, 0.3) is 22.2 Å². The number of amides is 1. The van der Waals surface area contributed by atoms with Crippen molar-refractivity contribution in [3.63, 3.8) is 0 Å². The summed E-state index contributed by atoms with van der Waals surface area (Å²) in [5.41, 5.74) is 5.01. The fraction of sp³-hybridized carbons (Fsp3) is 0.136. The smallest absolute Gasteiger partial charge is 0.252 e. The van der Waals surface area contributed by atoms with Crippen molar-refractivity contribution in [2.45, 2.75) is 12.8 Å². The van der Waals surface area contributed by atoms with Crippen LogP contribution in [0.4, 0.5) is 0 Å². The number of nitrogens with one attached hydrogen (secondary N) is 2. The third-order valence-electron chi connectivity index (χ3n) is 4.54. The molecule has 1 amide bonds. The van der Waals surface area contributed by atoms with Crippen LogP contribution in [0.15, 0.2) is 73.3 Å². The van der Waals surface area contributed by atoms with Crippen molar-refractivity contribution in [1.82, 2.24) is 20.3 Å². The number of carbonyl (C=O) groups excluding carboxylic acids is 1. The largest absolute Gasteiger partial charge is 0.352 e. The van der Waals surface area contributed by atoms with Gasteiger partial charge in [0.25, 0.3) is 5.91 Å². The van der Waals surface area contributed by atoms with E-state index in [1.165, 1.54) is 5.56 Å². The van der Waals surface area contributed by atoms with Gasteiger partial charge in [0.15, 0.2) is 0 Å². The summed E-state index contributed by atoms with van der Waals surface area (Å²) >= 11 is 0. The molecule has 0 aliphatic carbocycles. The van der Waals surface area contributed by atoms with Gasteiger partial charge in [0.05, 0.1) is 5.56 Å². The predicted octanol–water partition coefficient (Wildman–Crippen LogP) is 3.99. The first-order valence-corrected chi connectivity index (χ1v) is 9.00. The second-order valence-corrected chi connectivity index (χ2v) is 6.44. The van der Waals surface area contributed by atoms with Gasteiger partial charge in [-0.25, -0.2) is 4.98 Å². The second-order valence-electron chi connectivity index (χ2n) is 6.44. The van der Waals surface area contributed by atoms with E-state index in [9.17, 15) is 4.79 Å². The Balaban J connectivity index is 1.31. The maximum absolute atomic E-state index is 12.0. The number of benzene rings is 1. The summed E-state index contributed by atoms with van der Waals surface area (Å²) < 4.78 is 0. The molecule has 4 rings (SSSR count). The van der Waals surface area contributed by atoms with Crippen molar-refractivity contribution >= 4 is 16.9 Å². The zero-order valence-electron chi connectivity index (χ0n) is 14.9. The number of nitrogens with zero attached hydrogens (tertiary/aromatic N) is 2. The van der Waals surface area contributed by atoms with E-state index in [-0.39, 0.29) is 5.91 Å². The normalized spacial score (nSPS) is 10.8. The van der Waals surface area contributed by atoms with Crippen LogP contribution in [-0.4, -0.2) is 27.4 Å². The average molecular weight is 356 g/mol. The summed E-state index contributed by atoms with van der Waals surface area (Å²) in [6.07, 6.45) is 8.84. The molecular weight excluding hydrogens is 336 g/mol. The van der Waals surface area contributed by atoms with Crippen molar-refractivity contribution < 1.29 is 4.79 Å². The number of aromatic nitrogens is 3. The molecule has 0 aliphatic rings. The van der Waals surface area contributed by atoms with E-state index in [1.54, 1.807) is 24.5 Å². The molecule has 5 heteroatoms. The standard InChI is InChI=1S/C22H20N4O/c27-22(19-4-2-10-23-14-19)25-11-1-3-16-5-7-17(8-6-16)20-13-18-9-12-24-21(18)26-15-20/h2,4-10,12-15H,1,3,11H2,(H,24,26)(H,25,27). The highest BCUT2D eigenvalue weighted by Gasteiger charge is 2.05. The first kappa shape index (κ1) is 17.0. The Morgan fingerprint density at radius 2 is 1.93 bits per heavy atom. The molecule has 134 valence electrons. The highest BCUT2D eigenvalue weighted by molar-refractivity contribution is 5.93. The Morgan fingerprint density at radius 3 is 2.74 bits per heavy atom. The lowest BCUT2D eigenvalue weighted by molar-refractivity contribution is 0.0953. The van der Waals surface area contributed by atoms with Gasteiger partial charge in [0.1, 0.15) is 5.65 Å². The van der Waals surface area contributed by atoms with Gasteiger partial charge in [0, 0.05) is 42.3 Å². The number of pyridine rings is 2. The SMILES string of the molecule is O=C(NCCCc1ccc(-c2cnc3[nH]ccc3c2)cc1)c1cccnc1. The molecule has 0 aliphatic heterocycles. The Bertz CT molecular complexity index is 1040. The number of aryl methyl sites for hydroxylation is 1. The first-order valence-electron chi connectivity index (χ1n) is 9.00. The fourth-order valence-corrected chi connectivity index (χ4v) is 3.06. The summed E-state index contributed by atoms with van der Waals surface area (Å²) in [5, 5.41) is 4.04. The van der Waals surface area contributed by atoms with E-state index in [0.29, 0.717) is 12.1 Å². The van der Waals surface area contributed by atoms with Crippen molar-refractivity contribution in [1.29, 1.82) is 0 Å². The molecule has 0 unspecified atom stereocenters. The highest BCUT2D eigenvalue weighted by Crippen LogP contribution is 2.22. The minimum absolute atomic E-state index is 0.0777. The first-order chi connectivity index (χ1) is 13.3. The van der Waals surface area contributed by atoms with Crippen LogP contribution in [0.2, 0.25) is 0 Å². The molecule has 0 saturated heterocycles. The van der Waals surface area contributed by atoms with Crippen LogP contribution in [0.5, 0.6) is 0 Å². The zero-order chi connectivity index (χ0) is 18.5. The molecule has 3 aromatic heterocycles. The van der Waals surface area contributed by atoms with E-state index < -0.39 is 0 Å². The van der Waals surface area contributed by atoms with Crippen molar-refractivity contribution in [2.75, 3.05) is 6.54 Å². The highest BCUT2D eigenvalue weighted by atomic mass is 16.1. The van der Waals surface area contributed by atoms with Crippen LogP contribution >= 0.6 is 0 Å². The summed E-state index contributed by atoms with van der Waals surface area (Å²) in [6, 6.07) is 16.2. The molecule has 0 fully saturated rings. The minimum Gasteiger partial charge on any atom is -0.352 e.